The fourth-order valence-corrected chi connectivity index (χ4v) is 5.80. The number of hydrogen-bond acceptors (Lipinski definition) is 4. The van der Waals surface area contributed by atoms with Gasteiger partial charge in [0.25, 0.3) is 5.91 Å². The topological polar surface area (TPSA) is 81.1 Å². The summed E-state index contributed by atoms with van der Waals surface area (Å²) in [6.45, 7) is 22.5. The second-order valence-corrected chi connectivity index (χ2v) is 14.1. The van der Waals surface area contributed by atoms with Crippen LogP contribution in [0.4, 0.5) is 0 Å². The minimum absolute atomic E-state index is 0.0745. The molecular formula is C31H54N2O4. The van der Waals surface area contributed by atoms with E-state index in [4.69, 9.17) is 0 Å². The quantitative estimate of drug-likeness (QED) is 0.409. The van der Waals surface area contributed by atoms with E-state index >= 15 is 0 Å². The zero-order chi connectivity index (χ0) is 29.0. The number of aliphatic hydroxyl groups is 2. The number of benzene rings is 1. The van der Waals surface area contributed by atoms with Crippen molar-refractivity contribution in [2.75, 3.05) is 40.4 Å². The number of aliphatic hydroxyl groups excluding tert-OH is 2. The van der Waals surface area contributed by atoms with Gasteiger partial charge in [-0.2, -0.15) is 0 Å². The summed E-state index contributed by atoms with van der Waals surface area (Å²) < 4.78 is 0. The van der Waals surface area contributed by atoms with E-state index in [2.05, 4.69) is 69.2 Å². The van der Waals surface area contributed by atoms with Gasteiger partial charge in [-0.15, -0.1) is 0 Å². The molecule has 2 N–H and O–H groups in total. The largest absolute Gasteiger partial charge is 0.395 e. The lowest BCUT2D eigenvalue weighted by molar-refractivity contribution is -0.139. The Balaban J connectivity index is 3.47. The minimum Gasteiger partial charge on any atom is -0.395 e. The van der Waals surface area contributed by atoms with Gasteiger partial charge in [0.15, 0.2) is 0 Å². The van der Waals surface area contributed by atoms with E-state index in [0.29, 0.717) is 5.56 Å². The molecule has 0 heterocycles. The molecule has 0 aromatic heterocycles. The van der Waals surface area contributed by atoms with Gasteiger partial charge in [-0.1, -0.05) is 81.4 Å². The SMILES string of the molecule is CN(C)C(=O)C(CC(C)(C)C(C)(C)C(c1ccc(C(=O)N(CCO)CCO)cc1)C(C)(C)C)C(C)(C)C. The summed E-state index contributed by atoms with van der Waals surface area (Å²) in [4.78, 5) is 29.4. The fourth-order valence-electron chi connectivity index (χ4n) is 5.80. The molecule has 2 atom stereocenters. The van der Waals surface area contributed by atoms with E-state index in [9.17, 15) is 19.8 Å². The van der Waals surface area contributed by atoms with E-state index in [-0.39, 0.29) is 71.6 Å². The van der Waals surface area contributed by atoms with E-state index in [1.165, 1.54) is 4.90 Å². The number of nitrogens with zero attached hydrogens (tertiary/aromatic N) is 2. The summed E-state index contributed by atoms with van der Waals surface area (Å²) in [5.74, 6) is 0.0141. The van der Waals surface area contributed by atoms with Gasteiger partial charge in [-0.05, 0) is 51.7 Å². The van der Waals surface area contributed by atoms with Crippen LogP contribution in [-0.4, -0.2) is 72.2 Å². The number of carbonyl (C=O) groups excluding carboxylic acids is 2. The molecule has 0 saturated carbocycles. The molecule has 0 aliphatic rings. The van der Waals surface area contributed by atoms with Crippen LogP contribution < -0.4 is 0 Å². The zero-order valence-electron chi connectivity index (χ0n) is 25.6. The summed E-state index contributed by atoms with van der Waals surface area (Å²) in [5, 5.41) is 18.6. The van der Waals surface area contributed by atoms with Crippen molar-refractivity contribution in [2.45, 2.75) is 81.6 Å². The van der Waals surface area contributed by atoms with Gasteiger partial charge < -0.3 is 20.0 Å². The Morgan fingerprint density at radius 3 is 1.59 bits per heavy atom. The first kappa shape index (κ1) is 33.1. The third kappa shape index (κ3) is 8.03. The molecule has 0 saturated heterocycles. The standard InChI is InChI=1S/C31H54N2O4/c1-28(2,3)24(27(37)32(11)12)21-30(7,8)31(9,10)25(29(4,5)6)22-13-15-23(16-14-22)26(36)33(17-19-34)18-20-35/h13-16,24-25,34-35H,17-21H2,1-12H3. The molecule has 0 bridgehead atoms. The highest BCUT2D eigenvalue weighted by molar-refractivity contribution is 5.94. The normalized spacial score (nSPS) is 14.8. The molecule has 212 valence electrons. The first-order chi connectivity index (χ1) is 16.7. The average molecular weight is 519 g/mol. The molecule has 0 fully saturated rings. The zero-order valence-corrected chi connectivity index (χ0v) is 25.6. The second-order valence-electron chi connectivity index (χ2n) is 14.1. The monoisotopic (exact) mass is 518 g/mol. The highest BCUT2D eigenvalue weighted by atomic mass is 16.3. The summed E-state index contributed by atoms with van der Waals surface area (Å²) in [6, 6.07) is 7.80. The molecule has 0 aliphatic carbocycles. The van der Waals surface area contributed by atoms with Gasteiger partial charge in [0, 0.05) is 38.7 Å². The molecule has 1 aromatic rings. The maximum Gasteiger partial charge on any atom is 0.254 e. The van der Waals surface area contributed by atoms with Crippen molar-refractivity contribution in [1.82, 2.24) is 9.80 Å². The summed E-state index contributed by atoms with van der Waals surface area (Å²) in [6.07, 6.45) is 0.765. The van der Waals surface area contributed by atoms with E-state index in [1.807, 2.05) is 38.4 Å². The van der Waals surface area contributed by atoms with Crippen LogP contribution in [0.25, 0.3) is 0 Å². The summed E-state index contributed by atoms with van der Waals surface area (Å²) in [7, 11) is 3.67. The predicted octanol–water partition coefficient (Wildman–Crippen LogP) is 5.44. The Morgan fingerprint density at radius 1 is 0.784 bits per heavy atom. The number of amides is 2. The van der Waals surface area contributed by atoms with Gasteiger partial charge in [-0.25, -0.2) is 0 Å². The van der Waals surface area contributed by atoms with Crippen molar-refractivity contribution in [1.29, 1.82) is 0 Å². The fraction of sp³-hybridized carbons (Fsp3) is 0.742. The lowest BCUT2D eigenvalue weighted by Crippen LogP contribution is -2.47. The molecule has 2 unspecified atom stereocenters. The van der Waals surface area contributed by atoms with Crippen LogP contribution in [0.15, 0.2) is 24.3 Å². The molecule has 37 heavy (non-hydrogen) atoms. The lowest BCUT2D eigenvalue weighted by Gasteiger charge is -2.54. The Hall–Kier alpha value is -1.92. The van der Waals surface area contributed by atoms with Crippen LogP contribution in [0.5, 0.6) is 0 Å². The molecule has 0 radical (unpaired) electrons. The number of carbonyl (C=O) groups is 2. The highest BCUT2D eigenvalue weighted by Crippen LogP contribution is 2.58. The maximum absolute atomic E-state index is 13.2. The molecule has 1 rings (SSSR count). The Labute approximate surface area is 226 Å². The molecule has 0 aliphatic heterocycles. The number of hydrogen-bond donors (Lipinski definition) is 2. The first-order valence-corrected chi connectivity index (χ1v) is 13.5. The van der Waals surface area contributed by atoms with E-state index in [0.717, 1.165) is 12.0 Å². The van der Waals surface area contributed by atoms with Crippen LogP contribution >= 0.6 is 0 Å². The van der Waals surface area contributed by atoms with Gasteiger partial charge in [-0.3, -0.25) is 9.59 Å². The van der Waals surface area contributed by atoms with Crippen LogP contribution in [-0.2, 0) is 4.79 Å². The molecule has 6 nitrogen and oxygen atoms in total. The minimum atomic E-state index is -0.197. The lowest BCUT2D eigenvalue weighted by atomic mass is 9.51. The van der Waals surface area contributed by atoms with Crippen molar-refractivity contribution < 1.29 is 19.8 Å². The maximum atomic E-state index is 13.2. The van der Waals surface area contributed by atoms with Crippen molar-refractivity contribution in [3.63, 3.8) is 0 Å². The van der Waals surface area contributed by atoms with Crippen LogP contribution in [0, 0.1) is 27.6 Å². The van der Waals surface area contributed by atoms with Crippen molar-refractivity contribution in [3.05, 3.63) is 35.4 Å². The average Bonchev–Trinajstić information content (AvgIpc) is 2.75. The third-order valence-electron chi connectivity index (χ3n) is 8.35. The highest BCUT2D eigenvalue weighted by Gasteiger charge is 2.50. The summed E-state index contributed by atoms with van der Waals surface area (Å²) >= 11 is 0. The van der Waals surface area contributed by atoms with Gasteiger partial charge in [0.1, 0.15) is 0 Å². The Morgan fingerprint density at radius 2 is 1.24 bits per heavy atom. The van der Waals surface area contributed by atoms with Crippen molar-refractivity contribution in [3.8, 4) is 0 Å². The molecule has 0 spiro atoms. The predicted molar refractivity (Wildman–Crippen MR) is 153 cm³/mol. The Bertz CT molecular complexity index is 883. The molecule has 2 amide bonds. The third-order valence-corrected chi connectivity index (χ3v) is 8.35. The van der Waals surface area contributed by atoms with E-state index in [1.54, 1.807) is 4.90 Å². The smallest absolute Gasteiger partial charge is 0.254 e. The Kier molecular flexibility index (Phi) is 11.0. The van der Waals surface area contributed by atoms with Crippen LogP contribution in [0.1, 0.15) is 97.5 Å². The van der Waals surface area contributed by atoms with Crippen molar-refractivity contribution >= 4 is 11.8 Å². The van der Waals surface area contributed by atoms with Crippen LogP contribution in [0.2, 0.25) is 0 Å². The number of rotatable bonds is 11. The summed E-state index contributed by atoms with van der Waals surface area (Å²) in [5.41, 5.74) is 1.09. The van der Waals surface area contributed by atoms with Crippen molar-refractivity contribution in [2.24, 2.45) is 27.6 Å². The van der Waals surface area contributed by atoms with Gasteiger partial charge >= 0.3 is 0 Å². The molecule has 6 heteroatoms. The van der Waals surface area contributed by atoms with Gasteiger partial charge in [0.2, 0.25) is 5.91 Å². The molecule has 1 aromatic carbocycles. The second kappa shape index (κ2) is 12.3. The van der Waals surface area contributed by atoms with Crippen LogP contribution in [0.3, 0.4) is 0 Å². The van der Waals surface area contributed by atoms with Gasteiger partial charge in [0.05, 0.1) is 13.2 Å². The molecular weight excluding hydrogens is 464 g/mol. The van der Waals surface area contributed by atoms with E-state index < -0.39 is 0 Å². The first-order valence-electron chi connectivity index (χ1n) is 13.5.